The molecule has 1 heterocycles. The van der Waals surface area contributed by atoms with Crippen LogP contribution in [0.4, 0.5) is 0 Å². The number of hydrogen-bond donors (Lipinski definition) is 1. The van der Waals surface area contributed by atoms with Crippen molar-refractivity contribution in [2.45, 2.75) is 35.9 Å². The van der Waals surface area contributed by atoms with Crippen molar-refractivity contribution in [3.05, 3.63) is 106 Å². The number of amides is 1. The summed E-state index contributed by atoms with van der Waals surface area (Å²) in [6.45, 7) is 0.386. The maximum absolute atomic E-state index is 14.0. The van der Waals surface area contributed by atoms with Crippen molar-refractivity contribution in [1.29, 1.82) is 0 Å². The number of aliphatic imine (C=N–C) groups is 1. The smallest absolute Gasteiger partial charge is 0.254 e. The highest BCUT2D eigenvalue weighted by Crippen LogP contribution is 2.45. The lowest BCUT2D eigenvalue weighted by Gasteiger charge is -2.33. The molecule has 4 rings (SSSR count). The third-order valence-electron chi connectivity index (χ3n) is 6.91. The lowest BCUT2D eigenvalue weighted by atomic mass is 9.83. The molecule has 42 heavy (non-hydrogen) atoms. The molecule has 0 bridgehead atoms. The molecule has 0 radical (unpaired) electrons. The summed E-state index contributed by atoms with van der Waals surface area (Å²) in [7, 11) is -0.594. The van der Waals surface area contributed by atoms with Crippen LogP contribution in [0.2, 0.25) is 0 Å². The van der Waals surface area contributed by atoms with E-state index in [2.05, 4.69) is 10.0 Å². The van der Waals surface area contributed by atoms with Crippen LogP contribution in [0.15, 0.2) is 93.9 Å². The van der Waals surface area contributed by atoms with Crippen molar-refractivity contribution < 1.29 is 27.8 Å². The molecule has 1 aliphatic heterocycles. The zero-order valence-corrected chi connectivity index (χ0v) is 24.3. The van der Waals surface area contributed by atoms with Crippen molar-refractivity contribution in [2.24, 2.45) is 10.1 Å². The molecule has 3 aromatic carbocycles. The molecule has 220 valence electrons. The number of benzene rings is 3. The van der Waals surface area contributed by atoms with Gasteiger partial charge in [-0.1, -0.05) is 47.6 Å². The summed E-state index contributed by atoms with van der Waals surface area (Å²) in [5.74, 6) is -0.0172. The second-order valence-electron chi connectivity index (χ2n) is 9.96. The van der Waals surface area contributed by atoms with Crippen LogP contribution >= 0.6 is 0 Å². The van der Waals surface area contributed by atoms with Crippen LogP contribution in [0.1, 0.15) is 35.6 Å². The van der Waals surface area contributed by atoms with E-state index in [9.17, 15) is 13.2 Å². The highest BCUT2D eigenvalue weighted by molar-refractivity contribution is 7.91. The van der Waals surface area contributed by atoms with Gasteiger partial charge in [0.25, 0.3) is 5.91 Å². The number of nitrogens with zero attached hydrogens (tertiary/aromatic N) is 5. The van der Waals surface area contributed by atoms with E-state index < -0.39 is 27.4 Å². The van der Waals surface area contributed by atoms with Crippen molar-refractivity contribution in [2.75, 3.05) is 33.1 Å². The largest absolute Gasteiger partial charge is 0.494 e. The standard InChI is InChI=1S/C30H33N5O6S/c1-35(2)29(37)30(17-20-42(38,39)25-10-4-3-5-11-25)27(26-12-7-6-9-23(26)21-32-34-31)41-28(33-30)22-13-15-24(16-14-22)40-19-8-18-36/h3-7,9-16,27,36H,8,17-21H2,1-2H3/t27-,30-/m1/s1. The molecule has 0 unspecified atom stereocenters. The van der Waals surface area contributed by atoms with Crippen LogP contribution in [0, 0.1) is 0 Å². The summed E-state index contributed by atoms with van der Waals surface area (Å²) >= 11 is 0. The number of rotatable bonds is 13. The van der Waals surface area contributed by atoms with Gasteiger partial charge in [0.15, 0.2) is 21.5 Å². The molecule has 0 spiro atoms. The van der Waals surface area contributed by atoms with Crippen LogP contribution in [-0.4, -0.2) is 68.8 Å². The third-order valence-corrected chi connectivity index (χ3v) is 8.64. The second kappa shape index (κ2) is 13.5. The Kier molecular flexibility index (Phi) is 9.84. The number of aliphatic hydroxyl groups excluding tert-OH is 1. The van der Waals surface area contributed by atoms with Gasteiger partial charge in [0, 0.05) is 44.0 Å². The van der Waals surface area contributed by atoms with E-state index in [0.29, 0.717) is 35.5 Å². The van der Waals surface area contributed by atoms with E-state index in [-0.39, 0.29) is 36.1 Å². The van der Waals surface area contributed by atoms with E-state index >= 15 is 0 Å². The van der Waals surface area contributed by atoms with Gasteiger partial charge >= 0.3 is 0 Å². The maximum Gasteiger partial charge on any atom is 0.254 e. The average Bonchev–Trinajstić information content (AvgIpc) is 3.40. The SMILES string of the molecule is CN(C)C(=O)[C@]1(CCS(=O)(=O)c2ccccc2)N=C(c2ccc(OCCCO)cc2)O[C@@H]1c1ccccc1CN=[N+]=[N-]. The molecular weight excluding hydrogens is 558 g/mol. The summed E-state index contributed by atoms with van der Waals surface area (Å²) in [6, 6.07) is 22.1. The van der Waals surface area contributed by atoms with Gasteiger partial charge in [-0.25, -0.2) is 13.4 Å². The molecule has 1 N–H and O–H groups in total. The minimum Gasteiger partial charge on any atom is -0.494 e. The first-order valence-electron chi connectivity index (χ1n) is 13.4. The van der Waals surface area contributed by atoms with E-state index in [1.807, 2.05) is 0 Å². The van der Waals surface area contributed by atoms with Gasteiger partial charge in [-0.3, -0.25) is 4.79 Å². The Hall–Kier alpha value is -4.38. The molecule has 0 fully saturated rings. The monoisotopic (exact) mass is 591 g/mol. The van der Waals surface area contributed by atoms with Crippen molar-refractivity contribution >= 4 is 21.6 Å². The zero-order chi connectivity index (χ0) is 30.2. The first-order chi connectivity index (χ1) is 20.2. The quantitative estimate of drug-likeness (QED) is 0.134. The van der Waals surface area contributed by atoms with E-state index in [0.717, 1.165) is 0 Å². The molecule has 1 amide bonds. The second-order valence-corrected chi connectivity index (χ2v) is 12.1. The normalized spacial score (nSPS) is 18.0. The summed E-state index contributed by atoms with van der Waals surface area (Å²) < 4.78 is 38.8. The Morgan fingerprint density at radius 3 is 2.45 bits per heavy atom. The Morgan fingerprint density at radius 1 is 1.10 bits per heavy atom. The van der Waals surface area contributed by atoms with Crippen LogP contribution in [-0.2, 0) is 25.9 Å². The highest BCUT2D eigenvalue weighted by Gasteiger charge is 2.54. The number of ether oxygens (including phenoxy) is 2. The molecule has 0 saturated heterocycles. The van der Waals surface area contributed by atoms with Crippen molar-refractivity contribution in [3.63, 3.8) is 0 Å². The Bertz CT molecular complexity index is 1570. The summed E-state index contributed by atoms with van der Waals surface area (Å²) in [5, 5.41) is 12.7. The minimum atomic E-state index is -3.77. The molecule has 12 heteroatoms. The van der Waals surface area contributed by atoms with Crippen LogP contribution in [0.3, 0.4) is 0 Å². The van der Waals surface area contributed by atoms with Gasteiger partial charge in [-0.2, -0.15) is 0 Å². The maximum atomic E-state index is 14.0. The summed E-state index contributed by atoms with van der Waals surface area (Å²) in [5.41, 5.74) is 9.10. The van der Waals surface area contributed by atoms with Crippen LogP contribution in [0.5, 0.6) is 5.75 Å². The molecule has 2 atom stereocenters. The highest BCUT2D eigenvalue weighted by atomic mass is 32.2. The number of likely N-dealkylation sites (N-methyl/N-ethyl adjacent to an activating group) is 1. The summed E-state index contributed by atoms with van der Waals surface area (Å²) in [6.07, 6.45) is -0.664. The van der Waals surface area contributed by atoms with Gasteiger partial charge < -0.3 is 19.5 Å². The topological polar surface area (TPSA) is 154 Å². The van der Waals surface area contributed by atoms with Crippen LogP contribution in [0.25, 0.3) is 10.4 Å². The molecule has 3 aromatic rings. The van der Waals surface area contributed by atoms with Gasteiger partial charge in [0.05, 0.1) is 23.8 Å². The summed E-state index contributed by atoms with van der Waals surface area (Å²) in [4.78, 5) is 23.3. The first kappa shape index (κ1) is 30.6. The van der Waals surface area contributed by atoms with E-state index in [4.69, 9.17) is 25.1 Å². The van der Waals surface area contributed by atoms with E-state index in [1.165, 1.54) is 17.0 Å². The number of hydrogen-bond acceptors (Lipinski definition) is 8. The fraction of sp³-hybridized carbons (Fsp3) is 0.333. The molecule has 1 aliphatic rings. The number of carbonyl (C=O) groups is 1. The Balaban J connectivity index is 1.81. The minimum absolute atomic E-state index is 0.0102. The Labute approximate surface area is 245 Å². The van der Waals surface area contributed by atoms with Crippen LogP contribution < -0.4 is 4.74 Å². The molecule has 0 aromatic heterocycles. The third kappa shape index (κ3) is 6.73. The lowest BCUT2D eigenvalue weighted by Crippen LogP contribution is -2.49. The average molecular weight is 592 g/mol. The van der Waals surface area contributed by atoms with Gasteiger partial charge in [0.2, 0.25) is 5.90 Å². The number of carbonyl (C=O) groups excluding carboxylic acids is 1. The van der Waals surface area contributed by atoms with Gasteiger partial charge in [-0.15, -0.1) is 0 Å². The number of sulfone groups is 1. The predicted molar refractivity (Wildman–Crippen MR) is 158 cm³/mol. The molecular formula is C30H33N5O6S. The fourth-order valence-electron chi connectivity index (χ4n) is 4.80. The zero-order valence-electron chi connectivity index (χ0n) is 23.5. The van der Waals surface area contributed by atoms with Gasteiger partial charge in [0.1, 0.15) is 5.75 Å². The van der Waals surface area contributed by atoms with Crippen molar-refractivity contribution in [1.82, 2.24) is 4.90 Å². The number of aliphatic hydroxyl groups is 1. The molecule has 0 saturated carbocycles. The predicted octanol–water partition coefficient (Wildman–Crippen LogP) is 4.47. The molecule has 0 aliphatic carbocycles. The lowest BCUT2D eigenvalue weighted by molar-refractivity contribution is -0.137. The first-order valence-corrected chi connectivity index (χ1v) is 15.1. The molecule has 11 nitrogen and oxygen atoms in total. The van der Waals surface area contributed by atoms with E-state index in [1.54, 1.807) is 80.8 Å². The fourth-order valence-corrected chi connectivity index (χ4v) is 6.18. The Morgan fingerprint density at radius 2 is 1.79 bits per heavy atom. The number of azide groups is 1. The van der Waals surface area contributed by atoms with Crippen molar-refractivity contribution in [3.8, 4) is 5.75 Å². The van der Waals surface area contributed by atoms with Gasteiger partial charge in [-0.05, 0) is 53.1 Å².